The highest BCUT2D eigenvalue weighted by Crippen LogP contribution is 2.25. The Kier molecular flexibility index (Phi) is 4.66. The summed E-state index contributed by atoms with van der Waals surface area (Å²) in [5.41, 5.74) is 3.40. The van der Waals surface area contributed by atoms with Gasteiger partial charge in [-0.15, -0.1) is 5.10 Å². The molecule has 4 nitrogen and oxygen atoms in total. The monoisotopic (exact) mass is 341 g/mol. The van der Waals surface area contributed by atoms with Crippen LogP contribution in [-0.4, -0.2) is 15.5 Å². The first kappa shape index (κ1) is 16.3. The number of hydrogen-bond donors (Lipinski definition) is 1. The molecule has 2 aromatic carbocycles. The summed E-state index contributed by atoms with van der Waals surface area (Å²) in [4.78, 5) is 13.0. The third-order valence-corrected chi connectivity index (χ3v) is 4.46. The highest BCUT2D eigenvalue weighted by Gasteiger charge is 2.19. The van der Waals surface area contributed by atoms with Crippen molar-refractivity contribution in [1.29, 1.82) is 0 Å². The first-order chi connectivity index (χ1) is 11.5. The lowest BCUT2D eigenvalue weighted by Crippen LogP contribution is -2.26. The van der Waals surface area contributed by atoms with Crippen molar-refractivity contribution in [1.82, 2.24) is 14.9 Å². The molecular formula is C18H16FN3OS. The molecule has 1 atom stereocenters. The van der Waals surface area contributed by atoms with E-state index in [0.29, 0.717) is 10.6 Å². The Balaban J connectivity index is 1.80. The normalized spacial score (nSPS) is 12.0. The van der Waals surface area contributed by atoms with Crippen LogP contribution in [0.15, 0.2) is 48.5 Å². The Morgan fingerprint density at radius 3 is 2.46 bits per heavy atom. The molecule has 0 aliphatic heterocycles. The van der Waals surface area contributed by atoms with Gasteiger partial charge in [-0.3, -0.25) is 4.79 Å². The van der Waals surface area contributed by atoms with Crippen molar-refractivity contribution in [3.8, 4) is 11.3 Å². The number of halogens is 1. The third-order valence-electron chi connectivity index (χ3n) is 3.74. The zero-order valence-electron chi connectivity index (χ0n) is 13.3. The van der Waals surface area contributed by atoms with E-state index in [1.807, 2.05) is 38.1 Å². The summed E-state index contributed by atoms with van der Waals surface area (Å²) in [6, 6.07) is 13.6. The molecule has 1 N–H and O–H groups in total. The molecule has 1 aromatic heterocycles. The van der Waals surface area contributed by atoms with Crippen molar-refractivity contribution in [3.05, 3.63) is 70.4 Å². The Morgan fingerprint density at radius 2 is 1.79 bits per heavy atom. The number of hydrogen-bond acceptors (Lipinski definition) is 4. The minimum absolute atomic E-state index is 0.239. The maximum Gasteiger partial charge on any atom is 0.265 e. The van der Waals surface area contributed by atoms with Gasteiger partial charge in [0.2, 0.25) is 0 Å². The van der Waals surface area contributed by atoms with Crippen molar-refractivity contribution in [2.45, 2.75) is 19.9 Å². The Bertz CT molecular complexity index is 843. The van der Waals surface area contributed by atoms with Crippen LogP contribution in [0.5, 0.6) is 0 Å². The molecule has 0 aliphatic rings. The van der Waals surface area contributed by atoms with Gasteiger partial charge in [-0.05, 0) is 43.1 Å². The van der Waals surface area contributed by atoms with Gasteiger partial charge in [-0.2, -0.15) is 0 Å². The molecule has 0 spiro atoms. The molecule has 0 unspecified atom stereocenters. The second-order valence-corrected chi connectivity index (χ2v) is 6.32. The van der Waals surface area contributed by atoms with E-state index in [4.69, 9.17) is 0 Å². The molecule has 122 valence electrons. The van der Waals surface area contributed by atoms with E-state index in [9.17, 15) is 9.18 Å². The number of aromatic nitrogens is 2. The van der Waals surface area contributed by atoms with E-state index in [-0.39, 0.29) is 17.8 Å². The molecule has 24 heavy (non-hydrogen) atoms. The number of carbonyl (C=O) groups is 1. The fraction of sp³-hybridized carbons (Fsp3) is 0.167. The van der Waals surface area contributed by atoms with Gasteiger partial charge < -0.3 is 5.32 Å². The van der Waals surface area contributed by atoms with Gasteiger partial charge in [-0.25, -0.2) is 4.39 Å². The molecule has 0 fully saturated rings. The third kappa shape index (κ3) is 3.49. The van der Waals surface area contributed by atoms with E-state index in [2.05, 4.69) is 14.9 Å². The maximum atomic E-state index is 13.0. The van der Waals surface area contributed by atoms with Crippen molar-refractivity contribution >= 4 is 17.4 Å². The fourth-order valence-corrected chi connectivity index (χ4v) is 2.93. The van der Waals surface area contributed by atoms with Crippen LogP contribution in [0.1, 0.15) is 33.8 Å². The molecule has 3 rings (SSSR count). The second-order valence-electron chi connectivity index (χ2n) is 5.56. The number of nitrogens with one attached hydrogen (secondary N) is 1. The molecule has 0 saturated heterocycles. The van der Waals surface area contributed by atoms with Gasteiger partial charge in [0, 0.05) is 5.56 Å². The van der Waals surface area contributed by atoms with Crippen LogP contribution in [-0.2, 0) is 0 Å². The average Bonchev–Trinajstić information content (AvgIpc) is 3.06. The minimum atomic E-state index is -0.300. The largest absolute Gasteiger partial charge is 0.345 e. The summed E-state index contributed by atoms with van der Waals surface area (Å²) in [7, 11) is 0. The number of aryl methyl sites for hydroxylation is 1. The van der Waals surface area contributed by atoms with Gasteiger partial charge in [-0.1, -0.05) is 46.4 Å². The smallest absolute Gasteiger partial charge is 0.265 e. The highest BCUT2D eigenvalue weighted by molar-refractivity contribution is 7.08. The minimum Gasteiger partial charge on any atom is -0.345 e. The first-order valence-electron chi connectivity index (χ1n) is 7.50. The van der Waals surface area contributed by atoms with Gasteiger partial charge in [0.05, 0.1) is 6.04 Å². The predicted octanol–water partition coefficient (Wildman–Crippen LogP) is 4.14. The lowest BCUT2D eigenvalue weighted by molar-refractivity contribution is 0.0944. The second kappa shape index (κ2) is 6.88. The maximum absolute atomic E-state index is 13.0. The SMILES string of the molecule is Cc1ccc(-c2nnsc2C(=O)N[C@@H](C)c2ccc(F)cc2)cc1. The van der Waals surface area contributed by atoms with Crippen LogP contribution < -0.4 is 5.32 Å². The number of nitrogens with zero attached hydrogens (tertiary/aromatic N) is 2. The molecule has 0 bridgehead atoms. The van der Waals surface area contributed by atoms with Crippen LogP contribution in [0.4, 0.5) is 4.39 Å². The molecule has 0 saturated carbocycles. The van der Waals surface area contributed by atoms with Crippen LogP contribution in [0.2, 0.25) is 0 Å². The number of carbonyl (C=O) groups excluding carboxylic acids is 1. The van der Waals surface area contributed by atoms with Gasteiger partial charge in [0.1, 0.15) is 16.4 Å². The molecule has 6 heteroatoms. The summed E-state index contributed by atoms with van der Waals surface area (Å²) in [5.74, 6) is -0.539. The molecule has 0 radical (unpaired) electrons. The van der Waals surface area contributed by atoms with E-state index in [1.54, 1.807) is 12.1 Å². The van der Waals surface area contributed by atoms with E-state index < -0.39 is 0 Å². The lowest BCUT2D eigenvalue weighted by Gasteiger charge is -2.14. The van der Waals surface area contributed by atoms with Gasteiger partial charge in [0.25, 0.3) is 5.91 Å². The van der Waals surface area contributed by atoms with Crippen LogP contribution in [0.25, 0.3) is 11.3 Å². The standard InChI is InChI=1S/C18H16FN3OS/c1-11-3-5-14(6-4-11)16-17(24-22-21-16)18(23)20-12(2)13-7-9-15(19)10-8-13/h3-10,12H,1-2H3,(H,20,23)/t12-/m0/s1. The van der Waals surface area contributed by atoms with Crippen molar-refractivity contribution in [2.24, 2.45) is 0 Å². The summed E-state index contributed by atoms with van der Waals surface area (Å²) in [6.45, 7) is 3.85. The molecule has 1 heterocycles. The van der Waals surface area contributed by atoms with Crippen molar-refractivity contribution in [2.75, 3.05) is 0 Å². The molecular weight excluding hydrogens is 325 g/mol. The zero-order chi connectivity index (χ0) is 17.1. The first-order valence-corrected chi connectivity index (χ1v) is 8.27. The summed E-state index contributed by atoms with van der Waals surface area (Å²) in [6.07, 6.45) is 0. The van der Waals surface area contributed by atoms with Crippen LogP contribution in [0, 0.1) is 12.7 Å². The lowest BCUT2D eigenvalue weighted by atomic mass is 10.1. The van der Waals surface area contributed by atoms with Gasteiger partial charge >= 0.3 is 0 Å². The van der Waals surface area contributed by atoms with Crippen molar-refractivity contribution in [3.63, 3.8) is 0 Å². The summed E-state index contributed by atoms with van der Waals surface area (Å²) in [5, 5.41) is 7.00. The number of amides is 1. The molecule has 0 aliphatic carbocycles. The number of benzene rings is 2. The van der Waals surface area contributed by atoms with E-state index in [0.717, 1.165) is 28.2 Å². The van der Waals surface area contributed by atoms with E-state index >= 15 is 0 Å². The molecule has 1 amide bonds. The highest BCUT2D eigenvalue weighted by atomic mass is 32.1. The summed E-state index contributed by atoms with van der Waals surface area (Å²) >= 11 is 1.06. The Morgan fingerprint density at radius 1 is 1.12 bits per heavy atom. The Labute approximate surface area is 143 Å². The zero-order valence-corrected chi connectivity index (χ0v) is 14.1. The van der Waals surface area contributed by atoms with E-state index in [1.165, 1.54) is 12.1 Å². The van der Waals surface area contributed by atoms with Crippen LogP contribution in [0.3, 0.4) is 0 Å². The van der Waals surface area contributed by atoms with Crippen LogP contribution >= 0.6 is 11.5 Å². The molecule has 3 aromatic rings. The predicted molar refractivity (Wildman–Crippen MR) is 92.4 cm³/mol. The summed E-state index contributed by atoms with van der Waals surface area (Å²) < 4.78 is 16.9. The topological polar surface area (TPSA) is 54.9 Å². The quantitative estimate of drug-likeness (QED) is 0.776. The fourth-order valence-electron chi connectivity index (χ4n) is 2.34. The average molecular weight is 341 g/mol. The van der Waals surface area contributed by atoms with Gasteiger partial charge in [0.15, 0.2) is 0 Å². The Hall–Kier alpha value is -2.60. The number of rotatable bonds is 4. The van der Waals surface area contributed by atoms with Crippen molar-refractivity contribution < 1.29 is 9.18 Å².